The lowest BCUT2D eigenvalue weighted by Gasteiger charge is -2.08. The second-order valence-electron chi connectivity index (χ2n) is 3.48. The van der Waals surface area contributed by atoms with E-state index in [0.29, 0.717) is 5.92 Å². The van der Waals surface area contributed by atoms with Crippen molar-refractivity contribution < 1.29 is 0 Å². The topological polar surface area (TPSA) is 0 Å². The summed E-state index contributed by atoms with van der Waals surface area (Å²) in [6.07, 6.45) is 8.71. The van der Waals surface area contributed by atoms with Crippen molar-refractivity contribution in [2.75, 3.05) is 0 Å². The van der Waals surface area contributed by atoms with Crippen molar-refractivity contribution in [1.82, 2.24) is 0 Å². The SMILES string of the molecule is C#CCC(C)CCC(C)C. The molecule has 0 radical (unpaired) electrons. The number of terminal acetylenes is 1. The van der Waals surface area contributed by atoms with Crippen molar-refractivity contribution in [3.63, 3.8) is 0 Å². The van der Waals surface area contributed by atoms with Crippen LogP contribution in [0.5, 0.6) is 0 Å². The van der Waals surface area contributed by atoms with Crippen LogP contribution in [0, 0.1) is 24.2 Å². The first kappa shape index (κ1) is 9.56. The summed E-state index contributed by atoms with van der Waals surface area (Å²) in [5.41, 5.74) is 0. The molecule has 0 saturated heterocycles. The van der Waals surface area contributed by atoms with Gasteiger partial charge in [-0.15, -0.1) is 12.3 Å². The van der Waals surface area contributed by atoms with Crippen LogP contribution in [-0.4, -0.2) is 0 Å². The van der Waals surface area contributed by atoms with Gasteiger partial charge in [0, 0.05) is 6.42 Å². The first-order chi connectivity index (χ1) is 4.66. The van der Waals surface area contributed by atoms with Crippen LogP contribution in [0.4, 0.5) is 0 Å². The molecule has 0 N–H and O–H groups in total. The molecule has 0 nitrogen and oxygen atoms in total. The van der Waals surface area contributed by atoms with Crippen LogP contribution in [0.15, 0.2) is 0 Å². The number of rotatable bonds is 4. The van der Waals surface area contributed by atoms with Crippen LogP contribution in [0.25, 0.3) is 0 Å². The molecule has 0 heteroatoms. The first-order valence-electron chi connectivity index (χ1n) is 4.10. The van der Waals surface area contributed by atoms with Crippen molar-refractivity contribution >= 4 is 0 Å². The van der Waals surface area contributed by atoms with Gasteiger partial charge in [0.2, 0.25) is 0 Å². The van der Waals surface area contributed by atoms with E-state index in [1.807, 2.05) is 0 Å². The zero-order valence-corrected chi connectivity index (χ0v) is 7.35. The Kier molecular flexibility index (Phi) is 5.12. The molecule has 0 aromatic rings. The van der Waals surface area contributed by atoms with E-state index in [9.17, 15) is 0 Å². The Bertz CT molecular complexity index is 106. The molecule has 1 unspecified atom stereocenters. The van der Waals surface area contributed by atoms with E-state index in [1.54, 1.807) is 0 Å². The summed E-state index contributed by atoms with van der Waals surface area (Å²) < 4.78 is 0. The minimum absolute atomic E-state index is 0.715. The maximum Gasteiger partial charge on any atom is 0.0112 e. The second kappa shape index (κ2) is 5.35. The third-order valence-corrected chi connectivity index (χ3v) is 1.70. The zero-order chi connectivity index (χ0) is 7.98. The Labute approximate surface area is 65.0 Å². The van der Waals surface area contributed by atoms with E-state index in [1.165, 1.54) is 12.8 Å². The number of hydrogen-bond acceptors (Lipinski definition) is 0. The standard InChI is InChI=1S/C10H18/c1-5-6-10(4)8-7-9(2)3/h1,9-10H,6-8H2,2-4H3. The summed E-state index contributed by atoms with van der Waals surface area (Å²) in [6, 6.07) is 0. The average molecular weight is 138 g/mol. The van der Waals surface area contributed by atoms with E-state index in [2.05, 4.69) is 26.7 Å². The molecule has 0 fully saturated rings. The fourth-order valence-electron chi connectivity index (χ4n) is 0.921. The summed E-state index contributed by atoms with van der Waals surface area (Å²) in [6.45, 7) is 6.73. The van der Waals surface area contributed by atoms with Gasteiger partial charge in [-0.25, -0.2) is 0 Å². The Morgan fingerprint density at radius 2 is 1.80 bits per heavy atom. The van der Waals surface area contributed by atoms with Crippen molar-refractivity contribution in [3.05, 3.63) is 0 Å². The average Bonchev–Trinajstić information content (AvgIpc) is 1.85. The van der Waals surface area contributed by atoms with Crippen molar-refractivity contribution in [2.45, 2.75) is 40.0 Å². The van der Waals surface area contributed by atoms with Gasteiger partial charge in [-0.2, -0.15) is 0 Å². The van der Waals surface area contributed by atoms with Gasteiger partial charge in [0.25, 0.3) is 0 Å². The van der Waals surface area contributed by atoms with Gasteiger partial charge in [0.15, 0.2) is 0 Å². The Morgan fingerprint density at radius 3 is 2.20 bits per heavy atom. The molecule has 0 aliphatic carbocycles. The molecule has 0 aliphatic heterocycles. The maximum absolute atomic E-state index is 5.19. The van der Waals surface area contributed by atoms with Crippen LogP contribution in [0.3, 0.4) is 0 Å². The van der Waals surface area contributed by atoms with Crippen LogP contribution < -0.4 is 0 Å². The van der Waals surface area contributed by atoms with Crippen molar-refractivity contribution in [1.29, 1.82) is 0 Å². The second-order valence-corrected chi connectivity index (χ2v) is 3.48. The van der Waals surface area contributed by atoms with Gasteiger partial charge < -0.3 is 0 Å². The molecule has 0 heterocycles. The summed E-state index contributed by atoms with van der Waals surface area (Å²) >= 11 is 0. The maximum atomic E-state index is 5.19. The third kappa shape index (κ3) is 5.69. The summed E-state index contributed by atoms with van der Waals surface area (Å²) in [7, 11) is 0. The third-order valence-electron chi connectivity index (χ3n) is 1.70. The highest BCUT2D eigenvalue weighted by Crippen LogP contribution is 2.13. The summed E-state index contributed by atoms with van der Waals surface area (Å²) in [4.78, 5) is 0. The fourth-order valence-corrected chi connectivity index (χ4v) is 0.921. The molecule has 0 aromatic heterocycles. The monoisotopic (exact) mass is 138 g/mol. The Balaban J connectivity index is 3.23. The molecular formula is C10H18. The molecule has 0 bridgehead atoms. The molecule has 0 spiro atoms. The van der Waals surface area contributed by atoms with Crippen LogP contribution in [0.2, 0.25) is 0 Å². The van der Waals surface area contributed by atoms with E-state index in [0.717, 1.165) is 12.3 Å². The highest BCUT2D eigenvalue weighted by Gasteiger charge is 2.00. The van der Waals surface area contributed by atoms with Gasteiger partial charge in [0.1, 0.15) is 0 Å². The van der Waals surface area contributed by atoms with E-state index in [4.69, 9.17) is 6.42 Å². The van der Waals surface area contributed by atoms with E-state index in [-0.39, 0.29) is 0 Å². The molecule has 1 atom stereocenters. The zero-order valence-electron chi connectivity index (χ0n) is 7.35. The van der Waals surface area contributed by atoms with Gasteiger partial charge in [-0.1, -0.05) is 27.2 Å². The van der Waals surface area contributed by atoms with Crippen LogP contribution >= 0.6 is 0 Å². The molecule has 0 amide bonds. The predicted molar refractivity (Wildman–Crippen MR) is 46.7 cm³/mol. The molecule has 0 rings (SSSR count). The molecule has 0 aliphatic rings. The minimum Gasteiger partial charge on any atom is -0.120 e. The molecule has 0 aromatic carbocycles. The van der Waals surface area contributed by atoms with Gasteiger partial charge >= 0.3 is 0 Å². The van der Waals surface area contributed by atoms with Crippen molar-refractivity contribution in [3.8, 4) is 12.3 Å². The first-order valence-corrected chi connectivity index (χ1v) is 4.10. The van der Waals surface area contributed by atoms with E-state index >= 15 is 0 Å². The molecule has 58 valence electrons. The fraction of sp³-hybridized carbons (Fsp3) is 0.800. The molecular weight excluding hydrogens is 120 g/mol. The van der Waals surface area contributed by atoms with Gasteiger partial charge in [0.05, 0.1) is 0 Å². The lowest BCUT2D eigenvalue weighted by atomic mass is 9.97. The normalized spacial score (nSPS) is 13.1. The van der Waals surface area contributed by atoms with Gasteiger partial charge in [-0.3, -0.25) is 0 Å². The summed E-state index contributed by atoms with van der Waals surface area (Å²) in [5.74, 6) is 4.23. The molecule has 0 saturated carbocycles. The predicted octanol–water partition coefficient (Wildman–Crippen LogP) is 3.08. The number of hydrogen-bond donors (Lipinski definition) is 0. The van der Waals surface area contributed by atoms with Crippen molar-refractivity contribution in [2.24, 2.45) is 11.8 Å². The largest absolute Gasteiger partial charge is 0.120 e. The van der Waals surface area contributed by atoms with Gasteiger partial charge in [-0.05, 0) is 18.3 Å². The van der Waals surface area contributed by atoms with Crippen LogP contribution in [-0.2, 0) is 0 Å². The highest BCUT2D eigenvalue weighted by molar-refractivity contribution is 4.85. The lowest BCUT2D eigenvalue weighted by Crippen LogP contribution is -1.96. The summed E-state index contributed by atoms with van der Waals surface area (Å²) in [5, 5.41) is 0. The smallest absolute Gasteiger partial charge is 0.0112 e. The van der Waals surface area contributed by atoms with E-state index < -0.39 is 0 Å². The molecule has 10 heavy (non-hydrogen) atoms. The Morgan fingerprint density at radius 1 is 1.20 bits per heavy atom. The lowest BCUT2D eigenvalue weighted by molar-refractivity contribution is 0.457. The highest BCUT2D eigenvalue weighted by atomic mass is 14.1. The quantitative estimate of drug-likeness (QED) is 0.524. The minimum atomic E-state index is 0.715. The van der Waals surface area contributed by atoms with Crippen LogP contribution in [0.1, 0.15) is 40.0 Å². The Hall–Kier alpha value is -0.440.